The van der Waals surface area contributed by atoms with Gasteiger partial charge in [-0.25, -0.2) is 9.72 Å². The van der Waals surface area contributed by atoms with Crippen LogP contribution in [0.3, 0.4) is 0 Å². The second kappa shape index (κ2) is 3.50. The van der Waals surface area contributed by atoms with Crippen LogP contribution in [0.15, 0.2) is 12.1 Å². The van der Waals surface area contributed by atoms with E-state index in [1.807, 2.05) is 0 Å². The van der Waals surface area contributed by atoms with Crippen LogP contribution in [-0.4, -0.2) is 16.2 Å². The zero-order valence-electron chi connectivity index (χ0n) is 10.00. The molecule has 2 aliphatic heterocycles. The topological polar surface area (TPSA) is 36.3 Å². The van der Waals surface area contributed by atoms with E-state index in [1.54, 1.807) is 4.57 Å². The molecule has 0 saturated carbocycles. The van der Waals surface area contributed by atoms with Crippen LogP contribution in [0.5, 0.6) is 0 Å². The van der Waals surface area contributed by atoms with E-state index in [0.29, 0.717) is 24.5 Å². The Kier molecular flexibility index (Phi) is 2.12. The smallest absolute Gasteiger partial charge is 0.372 e. The number of hydrogen-bond donors (Lipinski definition) is 0. The Morgan fingerprint density at radius 3 is 2.55 bits per heavy atom. The van der Waals surface area contributed by atoms with Gasteiger partial charge in [0, 0.05) is 6.54 Å². The lowest BCUT2D eigenvalue weighted by atomic mass is 10.1. The van der Waals surface area contributed by atoms with Crippen LogP contribution in [0, 0.1) is 0 Å². The van der Waals surface area contributed by atoms with Crippen molar-refractivity contribution in [1.82, 2.24) is 9.55 Å². The fourth-order valence-electron chi connectivity index (χ4n) is 2.65. The van der Waals surface area contributed by atoms with E-state index in [1.165, 1.54) is 0 Å². The van der Waals surface area contributed by atoms with Crippen LogP contribution in [0.2, 0.25) is 0 Å². The standard InChI is InChI=1S/C12H8F4N2O2/c13-11(14)6-3-8-9(4-7(6)12(15,16)20-11)18-1-2-19-5-10(18)17-8/h3-4H,1-2,5H2. The minimum atomic E-state index is -4.01. The van der Waals surface area contributed by atoms with Crippen molar-refractivity contribution in [3.63, 3.8) is 0 Å². The summed E-state index contributed by atoms with van der Waals surface area (Å²) >= 11 is 0. The summed E-state index contributed by atoms with van der Waals surface area (Å²) in [5.74, 6) is 0.544. The van der Waals surface area contributed by atoms with Crippen LogP contribution in [0.4, 0.5) is 17.6 Å². The third kappa shape index (κ3) is 1.46. The Morgan fingerprint density at radius 2 is 1.80 bits per heavy atom. The van der Waals surface area contributed by atoms with Crippen LogP contribution >= 0.6 is 0 Å². The Morgan fingerprint density at radius 1 is 1.10 bits per heavy atom. The molecule has 0 N–H and O–H groups in total. The fourth-order valence-corrected chi connectivity index (χ4v) is 2.65. The SMILES string of the molecule is FC1(F)OC(F)(F)c2cc3c(cc21)nc1n3CCOC1. The van der Waals surface area contributed by atoms with Gasteiger partial charge in [-0.05, 0) is 12.1 Å². The number of aromatic nitrogens is 2. The van der Waals surface area contributed by atoms with Gasteiger partial charge in [0.05, 0.1) is 28.8 Å². The minimum Gasteiger partial charge on any atom is -0.372 e. The number of alkyl halides is 4. The van der Waals surface area contributed by atoms with Crippen molar-refractivity contribution < 1.29 is 27.0 Å². The molecule has 106 valence electrons. The van der Waals surface area contributed by atoms with Gasteiger partial charge in [0.1, 0.15) is 12.4 Å². The molecule has 20 heavy (non-hydrogen) atoms. The van der Waals surface area contributed by atoms with Gasteiger partial charge in [-0.2, -0.15) is 17.6 Å². The van der Waals surface area contributed by atoms with E-state index in [4.69, 9.17) is 4.74 Å². The van der Waals surface area contributed by atoms with Gasteiger partial charge in [0.25, 0.3) is 0 Å². The maximum Gasteiger partial charge on any atom is 0.388 e. The summed E-state index contributed by atoms with van der Waals surface area (Å²) in [4.78, 5) is 4.15. The molecule has 0 aliphatic carbocycles. The Balaban J connectivity index is 2.03. The van der Waals surface area contributed by atoms with E-state index in [2.05, 4.69) is 9.72 Å². The fraction of sp³-hybridized carbons (Fsp3) is 0.417. The predicted octanol–water partition coefficient (Wildman–Crippen LogP) is 2.70. The van der Waals surface area contributed by atoms with Crippen molar-refractivity contribution in [2.45, 2.75) is 25.4 Å². The molecule has 8 heteroatoms. The molecule has 4 nitrogen and oxygen atoms in total. The summed E-state index contributed by atoms with van der Waals surface area (Å²) in [7, 11) is 0. The zero-order valence-corrected chi connectivity index (χ0v) is 10.00. The normalized spacial score (nSPS) is 22.8. The molecule has 0 radical (unpaired) electrons. The third-order valence-electron chi connectivity index (χ3n) is 3.54. The molecule has 0 bridgehead atoms. The van der Waals surface area contributed by atoms with Crippen molar-refractivity contribution >= 4 is 11.0 Å². The van der Waals surface area contributed by atoms with Gasteiger partial charge in [0.2, 0.25) is 0 Å². The monoisotopic (exact) mass is 288 g/mol. The molecule has 3 heterocycles. The maximum atomic E-state index is 13.5. The van der Waals surface area contributed by atoms with E-state index < -0.39 is 23.3 Å². The molecule has 0 fully saturated rings. The molecule has 0 spiro atoms. The van der Waals surface area contributed by atoms with Crippen LogP contribution < -0.4 is 0 Å². The van der Waals surface area contributed by atoms with Gasteiger partial charge < -0.3 is 9.30 Å². The Hall–Kier alpha value is -1.67. The van der Waals surface area contributed by atoms with Crippen molar-refractivity contribution in [2.24, 2.45) is 0 Å². The summed E-state index contributed by atoms with van der Waals surface area (Å²) in [6, 6.07) is 2.00. The highest BCUT2D eigenvalue weighted by atomic mass is 19.3. The summed E-state index contributed by atoms with van der Waals surface area (Å²) in [5.41, 5.74) is -0.996. The average Bonchev–Trinajstić information content (AvgIpc) is 2.81. The number of ether oxygens (including phenoxy) is 2. The molecular formula is C12H8F4N2O2. The second-order valence-electron chi connectivity index (χ2n) is 4.75. The largest absolute Gasteiger partial charge is 0.388 e. The van der Waals surface area contributed by atoms with Gasteiger partial charge in [-0.15, -0.1) is 0 Å². The highest BCUT2D eigenvalue weighted by Gasteiger charge is 2.57. The van der Waals surface area contributed by atoms with Crippen molar-refractivity contribution in [2.75, 3.05) is 6.61 Å². The molecular weight excluding hydrogens is 280 g/mol. The molecule has 1 aromatic heterocycles. The number of hydrogen-bond acceptors (Lipinski definition) is 3. The predicted molar refractivity (Wildman–Crippen MR) is 58.3 cm³/mol. The molecule has 2 aromatic rings. The maximum absolute atomic E-state index is 13.5. The Bertz CT molecular complexity index is 726. The number of fused-ring (bicyclic) bond motifs is 4. The van der Waals surface area contributed by atoms with Crippen molar-refractivity contribution in [1.29, 1.82) is 0 Å². The summed E-state index contributed by atoms with van der Waals surface area (Å²) < 4.78 is 64.5. The number of imidazole rings is 1. The van der Waals surface area contributed by atoms with Gasteiger partial charge >= 0.3 is 12.2 Å². The summed E-state index contributed by atoms with van der Waals surface area (Å²) in [6.07, 6.45) is -8.00. The van der Waals surface area contributed by atoms with E-state index in [0.717, 1.165) is 12.1 Å². The molecule has 0 saturated heterocycles. The quantitative estimate of drug-likeness (QED) is 0.699. The highest BCUT2D eigenvalue weighted by Crippen LogP contribution is 2.51. The van der Waals surface area contributed by atoms with E-state index in [9.17, 15) is 17.6 Å². The van der Waals surface area contributed by atoms with Crippen LogP contribution in [-0.2, 0) is 34.8 Å². The molecule has 0 atom stereocenters. The van der Waals surface area contributed by atoms with E-state index in [-0.39, 0.29) is 12.1 Å². The molecule has 1 aromatic carbocycles. The van der Waals surface area contributed by atoms with E-state index >= 15 is 0 Å². The van der Waals surface area contributed by atoms with Gasteiger partial charge in [-0.3, -0.25) is 0 Å². The lowest BCUT2D eigenvalue weighted by molar-refractivity contribution is -0.369. The highest BCUT2D eigenvalue weighted by molar-refractivity contribution is 5.79. The first-order valence-electron chi connectivity index (χ1n) is 5.96. The van der Waals surface area contributed by atoms with Crippen LogP contribution in [0.25, 0.3) is 11.0 Å². The molecule has 0 unspecified atom stereocenters. The summed E-state index contributed by atoms with van der Waals surface area (Å²) in [5, 5.41) is 0. The van der Waals surface area contributed by atoms with Crippen molar-refractivity contribution in [3.8, 4) is 0 Å². The van der Waals surface area contributed by atoms with Crippen LogP contribution in [0.1, 0.15) is 17.0 Å². The first-order valence-corrected chi connectivity index (χ1v) is 5.96. The number of rotatable bonds is 0. The lowest BCUT2D eigenvalue weighted by Crippen LogP contribution is -2.18. The second-order valence-corrected chi connectivity index (χ2v) is 4.75. The minimum absolute atomic E-state index is 0.239. The first-order chi connectivity index (χ1) is 9.38. The first kappa shape index (κ1) is 12.1. The average molecular weight is 288 g/mol. The Labute approximate surface area is 109 Å². The van der Waals surface area contributed by atoms with Gasteiger partial charge in [-0.1, -0.05) is 0 Å². The number of benzene rings is 1. The zero-order chi connectivity index (χ0) is 14.1. The van der Waals surface area contributed by atoms with Gasteiger partial charge in [0.15, 0.2) is 0 Å². The van der Waals surface area contributed by atoms with Crippen molar-refractivity contribution in [3.05, 3.63) is 29.1 Å². The molecule has 4 rings (SSSR count). The molecule has 2 aliphatic rings. The lowest BCUT2D eigenvalue weighted by Gasteiger charge is -2.15. The number of nitrogens with zero attached hydrogens (tertiary/aromatic N) is 2. The molecule has 0 amide bonds. The summed E-state index contributed by atoms with van der Waals surface area (Å²) in [6.45, 7) is 1.12. The third-order valence-corrected chi connectivity index (χ3v) is 3.54. The number of halogens is 4.